The Kier molecular flexibility index (Phi) is 9.07. The summed E-state index contributed by atoms with van der Waals surface area (Å²) in [6.45, 7) is 3.89. The molecule has 212 valence electrons. The van der Waals surface area contributed by atoms with E-state index in [-0.39, 0.29) is 5.57 Å². The number of aryl methyl sites for hydroxylation is 1. The van der Waals surface area contributed by atoms with Gasteiger partial charge in [-0.05, 0) is 79.4 Å². The lowest BCUT2D eigenvalue weighted by molar-refractivity contribution is -0.129. The average molecular weight is 588 g/mol. The van der Waals surface area contributed by atoms with E-state index in [1.54, 1.807) is 30.3 Å². The van der Waals surface area contributed by atoms with Gasteiger partial charge in [-0.3, -0.25) is 10.4 Å². The van der Waals surface area contributed by atoms with Gasteiger partial charge < -0.3 is 14.4 Å². The van der Waals surface area contributed by atoms with Crippen molar-refractivity contribution in [2.45, 2.75) is 39.0 Å². The van der Waals surface area contributed by atoms with Gasteiger partial charge in [0.15, 0.2) is 0 Å². The van der Waals surface area contributed by atoms with E-state index < -0.39 is 5.97 Å². The summed E-state index contributed by atoms with van der Waals surface area (Å²) in [4.78, 5) is 21.3. The number of ether oxygens (including phenoxy) is 2. The van der Waals surface area contributed by atoms with Crippen LogP contribution in [0.2, 0.25) is 0 Å². The van der Waals surface area contributed by atoms with Crippen LogP contribution < -0.4 is 24.8 Å². The molecule has 1 aliphatic rings. The van der Waals surface area contributed by atoms with Crippen molar-refractivity contribution in [2.75, 3.05) is 42.6 Å². The molecule has 0 saturated carbocycles. The molecular formula is C31H33N5O3S2. The van der Waals surface area contributed by atoms with Crippen molar-refractivity contribution in [3.63, 3.8) is 0 Å². The van der Waals surface area contributed by atoms with E-state index >= 15 is 0 Å². The molecule has 0 amide bonds. The van der Waals surface area contributed by atoms with Crippen LogP contribution in [0.3, 0.4) is 0 Å². The molecule has 8 nitrogen and oxygen atoms in total. The van der Waals surface area contributed by atoms with Crippen molar-refractivity contribution in [2.24, 2.45) is 0 Å². The fraction of sp³-hybridized carbons (Fsp3) is 0.323. The molecule has 2 aromatic carbocycles. The zero-order valence-corrected chi connectivity index (χ0v) is 25.1. The first-order valence-electron chi connectivity index (χ1n) is 13.7. The highest BCUT2D eigenvalue weighted by atomic mass is 32.1. The fourth-order valence-corrected chi connectivity index (χ4v) is 6.75. The van der Waals surface area contributed by atoms with Gasteiger partial charge in [0.05, 0.1) is 17.0 Å². The summed E-state index contributed by atoms with van der Waals surface area (Å²) in [7, 11) is 4.12. The normalized spacial score (nSPS) is 13.0. The molecule has 4 aromatic rings. The van der Waals surface area contributed by atoms with E-state index in [0.29, 0.717) is 12.4 Å². The molecule has 0 fully saturated rings. The number of hydrogen-bond donors (Lipinski definition) is 1. The molecule has 0 bridgehead atoms. The molecule has 0 spiro atoms. The standard InChI is InChI=1S/C31H33N5O3S2/c1-4-5-6-16-38-24-10-12-25(13-11-24)39-30(37)22(20-32)18-26-19-28-29(40-26)33-31(41-28)34-36(3)23-9-14-27-21(17-23)8-7-15-35(27)2/h9-14,17-19H,4-8,15-16H2,1-3H3,(H,33,34)/b22-18+. The van der Waals surface area contributed by atoms with Gasteiger partial charge in [0.2, 0.25) is 5.13 Å². The summed E-state index contributed by atoms with van der Waals surface area (Å²) in [5, 5.41) is 12.4. The third-order valence-electron chi connectivity index (χ3n) is 6.85. The average Bonchev–Trinajstić information content (AvgIpc) is 3.52. The number of nitrogens with one attached hydrogen (secondary N) is 1. The molecule has 0 unspecified atom stereocenters. The maximum atomic E-state index is 12.7. The first-order chi connectivity index (χ1) is 19.9. The molecular weight excluding hydrogens is 555 g/mol. The quantitative estimate of drug-likeness (QED) is 0.0489. The SMILES string of the molecule is CCCCCOc1ccc(OC(=O)/C(C#N)=C/c2cc3sc(NN(C)c4ccc5c(c4)CCCN5C)nc3s2)cc1. The minimum Gasteiger partial charge on any atom is -0.494 e. The van der Waals surface area contributed by atoms with Crippen LogP contribution in [0.1, 0.15) is 43.0 Å². The van der Waals surface area contributed by atoms with Gasteiger partial charge in [-0.25, -0.2) is 9.78 Å². The molecule has 0 radical (unpaired) electrons. The van der Waals surface area contributed by atoms with E-state index in [2.05, 4.69) is 42.5 Å². The van der Waals surface area contributed by atoms with Gasteiger partial charge in [0, 0.05) is 31.2 Å². The minimum atomic E-state index is -0.700. The van der Waals surface area contributed by atoms with Gasteiger partial charge in [-0.15, -0.1) is 11.3 Å². The lowest BCUT2D eigenvalue weighted by Gasteiger charge is -2.29. The highest BCUT2D eigenvalue weighted by Crippen LogP contribution is 2.35. The van der Waals surface area contributed by atoms with Crippen LogP contribution in [0.15, 0.2) is 54.1 Å². The number of thiophene rings is 1. The number of rotatable bonds is 11. The Hall–Kier alpha value is -4.07. The van der Waals surface area contributed by atoms with E-state index in [1.807, 2.05) is 24.2 Å². The van der Waals surface area contributed by atoms with Crippen molar-refractivity contribution in [1.29, 1.82) is 5.26 Å². The predicted molar refractivity (Wildman–Crippen MR) is 168 cm³/mol. The Morgan fingerprint density at radius 2 is 1.98 bits per heavy atom. The molecule has 0 aliphatic carbocycles. The highest BCUT2D eigenvalue weighted by Gasteiger charge is 2.17. The molecule has 3 heterocycles. The topological polar surface area (TPSA) is 90.7 Å². The number of carbonyl (C=O) groups is 1. The summed E-state index contributed by atoms with van der Waals surface area (Å²) in [5.74, 6) is 0.379. The number of benzene rings is 2. The Balaban J connectivity index is 1.20. The third-order valence-corrected chi connectivity index (χ3v) is 8.86. The van der Waals surface area contributed by atoms with Gasteiger partial charge in [0.25, 0.3) is 0 Å². The fourth-order valence-electron chi connectivity index (χ4n) is 4.65. The molecule has 5 rings (SSSR count). The number of fused-ring (bicyclic) bond motifs is 2. The van der Waals surface area contributed by atoms with Gasteiger partial charge >= 0.3 is 5.97 Å². The first-order valence-corrected chi connectivity index (χ1v) is 15.4. The van der Waals surface area contributed by atoms with Crippen LogP contribution >= 0.6 is 22.7 Å². The molecule has 1 N–H and O–H groups in total. The van der Waals surface area contributed by atoms with Crippen LogP contribution in [-0.2, 0) is 11.2 Å². The van der Waals surface area contributed by atoms with Crippen molar-refractivity contribution in [3.05, 3.63) is 64.5 Å². The lowest BCUT2D eigenvalue weighted by Crippen LogP contribution is -2.27. The summed E-state index contributed by atoms with van der Waals surface area (Å²) < 4.78 is 12.1. The number of anilines is 3. The number of carbonyl (C=O) groups excluding carboxylic acids is 1. The largest absolute Gasteiger partial charge is 0.494 e. The van der Waals surface area contributed by atoms with Gasteiger partial charge in [-0.1, -0.05) is 31.1 Å². The monoisotopic (exact) mass is 587 g/mol. The highest BCUT2D eigenvalue weighted by molar-refractivity contribution is 7.29. The second kappa shape index (κ2) is 13.1. The van der Waals surface area contributed by atoms with Crippen LogP contribution in [-0.4, -0.2) is 38.2 Å². The number of unbranched alkanes of at least 4 members (excludes halogenated alkanes) is 2. The Morgan fingerprint density at radius 1 is 1.17 bits per heavy atom. The number of nitriles is 1. The number of nitrogens with zero attached hydrogens (tertiary/aromatic N) is 4. The maximum absolute atomic E-state index is 12.7. The zero-order chi connectivity index (χ0) is 28.8. The number of aromatic nitrogens is 1. The zero-order valence-electron chi connectivity index (χ0n) is 23.5. The summed E-state index contributed by atoms with van der Waals surface area (Å²) in [5.41, 5.74) is 7.03. The molecule has 2 aromatic heterocycles. The summed E-state index contributed by atoms with van der Waals surface area (Å²) in [6, 6.07) is 17.3. The second-order valence-electron chi connectivity index (χ2n) is 9.93. The Morgan fingerprint density at radius 3 is 2.73 bits per heavy atom. The van der Waals surface area contributed by atoms with E-state index in [1.165, 1.54) is 33.9 Å². The van der Waals surface area contributed by atoms with Crippen molar-refractivity contribution in [3.8, 4) is 17.6 Å². The maximum Gasteiger partial charge on any atom is 0.354 e. The smallest absolute Gasteiger partial charge is 0.354 e. The lowest BCUT2D eigenvalue weighted by atomic mass is 10.0. The van der Waals surface area contributed by atoms with E-state index in [9.17, 15) is 10.1 Å². The van der Waals surface area contributed by atoms with E-state index in [0.717, 1.165) is 69.6 Å². The van der Waals surface area contributed by atoms with Gasteiger partial charge in [0.1, 0.15) is 28.0 Å². The Bertz CT molecular complexity index is 1550. The first kappa shape index (κ1) is 28.5. The Labute approximate surface area is 248 Å². The van der Waals surface area contributed by atoms with Crippen molar-refractivity contribution in [1.82, 2.24) is 4.98 Å². The molecule has 41 heavy (non-hydrogen) atoms. The second-order valence-corrected chi connectivity index (χ2v) is 12.0. The van der Waals surface area contributed by atoms with Crippen LogP contribution in [0.25, 0.3) is 15.6 Å². The number of esters is 1. The molecule has 0 atom stereocenters. The summed E-state index contributed by atoms with van der Waals surface area (Å²) >= 11 is 2.95. The third kappa shape index (κ3) is 6.99. The van der Waals surface area contributed by atoms with Crippen molar-refractivity contribution < 1.29 is 14.3 Å². The number of hydrazine groups is 1. The van der Waals surface area contributed by atoms with Crippen LogP contribution in [0, 0.1) is 11.3 Å². The van der Waals surface area contributed by atoms with E-state index in [4.69, 9.17) is 14.5 Å². The van der Waals surface area contributed by atoms with Crippen molar-refractivity contribution >= 4 is 60.8 Å². The minimum absolute atomic E-state index is 0.0741. The van der Waals surface area contributed by atoms with Crippen LogP contribution in [0.5, 0.6) is 11.5 Å². The molecule has 10 heteroatoms. The van der Waals surface area contributed by atoms with Crippen LogP contribution in [0.4, 0.5) is 16.5 Å². The van der Waals surface area contributed by atoms with Gasteiger partial charge in [-0.2, -0.15) is 5.26 Å². The number of hydrogen-bond acceptors (Lipinski definition) is 10. The molecule has 1 aliphatic heterocycles. The predicted octanol–water partition coefficient (Wildman–Crippen LogP) is 7.29. The number of thiazole rings is 1. The molecule has 0 saturated heterocycles. The summed E-state index contributed by atoms with van der Waals surface area (Å²) in [6.07, 6.45) is 7.07.